The highest BCUT2D eigenvalue weighted by Gasteiger charge is 2.17. The van der Waals surface area contributed by atoms with Gasteiger partial charge in [0.1, 0.15) is 0 Å². The summed E-state index contributed by atoms with van der Waals surface area (Å²) < 4.78 is 0. The second-order valence-corrected chi connectivity index (χ2v) is 4.38. The van der Waals surface area contributed by atoms with Crippen LogP contribution in [0.2, 0.25) is 0 Å². The Labute approximate surface area is 83.7 Å². The summed E-state index contributed by atoms with van der Waals surface area (Å²) in [6, 6.07) is 1.24. The van der Waals surface area contributed by atoms with E-state index in [0.29, 0.717) is 12.1 Å². The van der Waals surface area contributed by atoms with Gasteiger partial charge in [0, 0.05) is 18.6 Å². The molecule has 0 aliphatic carbocycles. The molecule has 2 unspecified atom stereocenters. The Morgan fingerprint density at radius 2 is 1.77 bits per heavy atom. The lowest BCUT2D eigenvalue weighted by atomic mass is 10.1. The zero-order valence-corrected chi connectivity index (χ0v) is 10.1. The Balaban J connectivity index is 3.98. The third-order valence-electron chi connectivity index (χ3n) is 2.74. The van der Waals surface area contributed by atoms with E-state index in [1.165, 1.54) is 13.0 Å². The molecule has 0 heterocycles. The standard InChI is InChI=1S/C11H26N2/c1-7-11(12-5)10(4)13(6)8-9(2)3/h9-12H,7-8H2,1-6H3. The van der Waals surface area contributed by atoms with Gasteiger partial charge in [0.2, 0.25) is 0 Å². The van der Waals surface area contributed by atoms with Gasteiger partial charge in [-0.05, 0) is 33.4 Å². The highest BCUT2D eigenvalue weighted by molar-refractivity contribution is 4.77. The molecule has 0 aliphatic rings. The third-order valence-corrected chi connectivity index (χ3v) is 2.74. The topological polar surface area (TPSA) is 15.3 Å². The molecule has 80 valence electrons. The number of rotatable bonds is 6. The van der Waals surface area contributed by atoms with Crippen LogP contribution >= 0.6 is 0 Å². The van der Waals surface area contributed by atoms with Crippen molar-refractivity contribution in [3.8, 4) is 0 Å². The van der Waals surface area contributed by atoms with Crippen LogP contribution in [0.15, 0.2) is 0 Å². The first-order valence-corrected chi connectivity index (χ1v) is 5.40. The van der Waals surface area contributed by atoms with Crippen LogP contribution < -0.4 is 5.32 Å². The van der Waals surface area contributed by atoms with Crippen LogP contribution in [0.25, 0.3) is 0 Å². The maximum absolute atomic E-state index is 3.36. The highest BCUT2D eigenvalue weighted by Crippen LogP contribution is 2.07. The summed E-state index contributed by atoms with van der Waals surface area (Å²) in [5, 5.41) is 3.36. The minimum absolute atomic E-state index is 0.615. The Morgan fingerprint density at radius 1 is 1.23 bits per heavy atom. The highest BCUT2D eigenvalue weighted by atomic mass is 15.2. The van der Waals surface area contributed by atoms with Crippen LogP contribution in [-0.2, 0) is 0 Å². The fourth-order valence-electron chi connectivity index (χ4n) is 1.84. The number of likely N-dealkylation sites (N-methyl/N-ethyl adjacent to an activating group) is 2. The lowest BCUT2D eigenvalue weighted by molar-refractivity contribution is 0.188. The quantitative estimate of drug-likeness (QED) is 0.682. The van der Waals surface area contributed by atoms with Crippen molar-refractivity contribution in [2.75, 3.05) is 20.6 Å². The van der Waals surface area contributed by atoms with Gasteiger partial charge >= 0.3 is 0 Å². The van der Waals surface area contributed by atoms with E-state index in [1.54, 1.807) is 0 Å². The largest absolute Gasteiger partial charge is 0.315 e. The molecule has 0 bridgehead atoms. The van der Waals surface area contributed by atoms with Gasteiger partial charge in [-0.1, -0.05) is 20.8 Å². The minimum atomic E-state index is 0.615. The second kappa shape index (κ2) is 6.39. The van der Waals surface area contributed by atoms with Crippen LogP contribution in [0.1, 0.15) is 34.1 Å². The summed E-state index contributed by atoms with van der Waals surface area (Å²) >= 11 is 0. The van der Waals surface area contributed by atoms with Gasteiger partial charge in [-0.2, -0.15) is 0 Å². The van der Waals surface area contributed by atoms with E-state index in [2.05, 4.69) is 45.0 Å². The van der Waals surface area contributed by atoms with Crippen molar-refractivity contribution in [2.45, 2.75) is 46.2 Å². The molecule has 0 spiro atoms. The number of hydrogen-bond acceptors (Lipinski definition) is 2. The predicted octanol–water partition coefficient (Wildman–Crippen LogP) is 1.96. The molecular weight excluding hydrogens is 160 g/mol. The van der Waals surface area contributed by atoms with Gasteiger partial charge in [-0.3, -0.25) is 0 Å². The third kappa shape index (κ3) is 4.63. The summed E-state index contributed by atoms with van der Waals surface area (Å²) in [6.45, 7) is 10.3. The maximum Gasteiger partial charge on any atom is 0.0217 e. The van der Waals surface area contributed by atoms with E-state index in [4.69, 9.17) is 0 Å². The van der Waals surface area contributed by atoms with Gasteiger partial charge in [0.25, 0.3) is 0 Å². The number of hydrogen-bond donors (Lipinski definition) is 1. The van der Waals surface area contributed by atoms with Crippen molar-refractivity contribution in [3.05, 3.63) is 0 Å². The van der Waals surface area contributed by atoms with E-state index in [-0.39, 0.29) is 0 Å². The molecule has 13 heavy (non-hydrogen) atoms. The molecule has 0 fully saturated rings. The molecule has 2 atom stereocenters. The Bertz CT molecular complexity index is 119. The van der Waals surface area contributed by atoms with E-state index in [0.717, 1.165) is 5.92 Å². The summed E-state index contributed by atoms with van der Waals surface area (Å²) in [5.74, 6) is 0.752. The molecule has 0 radical (unpaired) electrons. The van der Waals surface area contributed by atoms with Crippen molar-refractivity contribution < 1.29 is 0 Å². The first-order valence-electron chi connectivity index (χ1n) is 5.40. The van der Waals surface area contributed by atoms with Crippen molar-refractivity contribution in [3.63, 3.8) is 0 Å². The summed E-state index contributed by atoms with van der Waals surface area (Å²) in [5.41, 5.74) is 0. The van der Waals surface area contributed by atoms with Crippen LogP contribution in [0, 0.1) is 5.92 Å². The lowest BCUT2D eigenvalue weighted by Crippen LogP contribution is -2.46. The molecule has 0 rings (SSSR count). The molecule has 0 aromatic heterocycles. The monoisotopic (exact) mass is 186 g/mol. The van der Waals surface area contributed by atoms with Gasteiger partial charge in [0.15, 0.2) is 0 Å². The average Bonchev–Trinajstić information content (AvgIpc) is 2.05. The van der Waals surface area contributed by atoms with Gasteiger partial charge < -0.3 is 10.2 Å². The normalized spacial score (nSPS) is 16.6. The number of nitrogens with zero attached hydrogens (tertiary/aromatic N) is 1. The predicted molar refractivity (Wildman–Crippen MR) is 60.1 cm³/mol. The van der Waals surface area contributed by atoms with Crippen molar-refractivity contribution in [1.82, 2.24) is 10.2 Å². The minimum Gasteiger partial charge on any atom is -0.315 e. The van der Waals surface area contributed by atoms with Gasteiger partial charge in [-0.25, -0.2) is 0 Å². The average molecular weight is 186 g/mol. The van der Waals surface area contributed by atoms with Crippen molar-refractivity contribution in [1.29, 1.82) is 0 Å². The van der Waals surface area contributed by atoms with Crippen molar-refractivity contribution >= 4 is 0 Å². The molecule has 0 aromatic rings. The Kier molecular flexibility index (Phi) is 6.35. The molecule has 0 aromatic carbocycles. The van der Waals surface area contributed by atoms with E-state index < -0.39 is 0 Å². The van der Waals surface area contributed by atoms with Crippen LogP contribution in [0.5, 0.6) is 0 Å². The van der Waals surface area contributed by atoms with Crippen LogP contribution in [0.4, 0.5) is 0 Å². The molecule has 0 saturated heterocycles. The van der Waals surface area contributed by atoms with Gasteiger partial charge in [0.05, 0.1) is 0 Å². The SMILES string of the molecule is CCC(NC)C(C)N(C)CC(C)C. The maximum atomic E-state index is 3.36. The lowest BCUT2D eigenvalue weighted by Gasteiger charge is -2.32. The summed E-state index contributed by atoms with van der Waals surface area (Å²) in [6.07, 6.45) is 1.19. The van der Waals surface area contributed by atoms with Crippen LogP contribution in [-0.4, -0.2) is 37.6 Å². The fraction of sp³-hybridized carbons (Fsp3) is 1.00. The van der Waals surface area contributed by atoms with E-state index >= 15 is 0 Å². The van der Waals surface area contributed by atoms with E-state index in [1.807, 2.05) is 7.05 Å². The molecule has 1 N–H and O–H groups in total. The smallest absolute Gasteiger partial charge is 0.0217 e. The molecule has 2 nitrogen and oxygen atoms in total. The van der Waals surface area contributed by atoms with Crippen molar-refractivity contribution in [2.24, 2.45) is 5.92 Å². The zero-order chi connectivity index (χ0) is 10.4. The first-order chi connectivity index (χ1) is 6.02. The molecule has 0 amide bonds. The van der Waals surface area contributed by atoms with Gasteiger partial charge in [-0.15, -0.1) is 0 Å². The molecule has 0 aliphatic heterocycles. The summed E-state index contributed by atoms with van der Waals surface area (Å²) in [4.78, 5) is 2.44. The second-order valence-electron chi connectivity index (χ2n) is 4.38. The molecule has 2 heteroatoms. The number of nitrogens with one attached hydrogen (secondary N) is 1. The first kappa shape index (κ1) is 12.9. The Morgan fingerprint density at radius 3 is 2.08 bits per heavy atom. The van der Waals surface area contributed by atoms with E-state index in [9.17, 15) is 0 Å². The Hall–Kier alpha value is -0.0800. The summed E-state index contributed by atoms with van der Waals surface area (Å²) in [7, 11) is 4.26. The molecule has 0 saturated carbocycles. The molecular formula is C11H26N2. The fourth-order valence-corrected chi connectivity index (χ4v) is 1.84. The van der Waals surface area contributed by atoms with Crippen LogP contribution in [0.3, 0.4) is 0 Å². The zero-order valence-electron chi connectivity index (χ0n) is 10.1.